The highest BCUT2D eigenvalue weighted by Crippen LogP contribution is 2.34. The van der Waals surface area contributed by atoms with E-state index in [4.69, 9.17) is 26.3 Å². The molecule has 2 aromatic carbocycles. The van der Waals surface area contributed by atoms with Crippen molar-refractivity contribution in [3.8, 4) is 11.6 Å². The van der Waals surface area contributed by atoms with Gasteiger partial charge in [-0.25, -0.2) is 9.37 Å². The fourth-order valence-corrected chi connectivity index (χ4v) is 4.63. The summed E-state index contributed by atoms with van der Waals surface area (Å²) >= 11 is 6.27. The van der Waals surface area contributed by atoms with Crippen LogP contribution in [0.1, 0.15) is 41.4 Å². The predicted molar refractivity (Wildman–Crippen MR) is 129 cm³/mol. The van der Waals surface area contributed by atoms with Crippen molar-refractivity contribution in [3.63, 3.8) is 0 Å². The SMILES string of the molecule is CC1CCN(c2nc3c(c(Oc4ccccc4F)n2)CN(C(=O)c2ccccc2Cl)CC3)CC1. The van der Waals surface area contributed by atoms with E-state index in [-0.39, 0.29) is 18.2 Å². The van der Waals surface area contributed by atoms with Crippen LogP contribution in [0.2, 0.25) is 5.02 Å². The number of anilines is 1. The number of ether oxygens (including phenoxy) is 1. The molecule has 0 N–H and O–H groups in total. The third kappa shape index (κ3) is 4.57. The molecule has 34 heavy (non-hydrogen) atoms. The first-order valence-electron chi connectivity index (χ1n) is 11.6. The van der Waals surface area contributed by atoms with Gasteiger partial charge in [0.15, 0.2) is 11.6 Å². The van der Waals surface area contributed by atoms with Crippen LogP contribution in [0.25, 0.3) is 0 Å². The maximum atomic E-state index is 14.4. The second kappa shape index (κ2) is 9.58. The van der Waals surface area contributed by atoms with Crippen LogP contribution in [0.5, 0.6) is 11.6 Å². The van der Waals surface area contributed by atoms with Gasteiger partial charge in [-0.1, -0.05) is 42.8 Å². The number of fused-ring (bicyclic) bond motifs is 1. The van der Waals surface area contributed by atoms with Gasteiger partial charge < -0.3 is 14.5 Å². The average molecular weight is 481 g/mol. The van der Waals surface area contributed by atoms with Crippen molar-refractivity contribution in [1.29, 1.82) is 0 Å². The number of para-hydroxylation sites is 1. The third-order valence-corrected chi connectivity index (χ3v) is 6.84. The monoisotopic (exact) mass is 480 g/mol. The summed E-state index contributed by atoms with van der Waals surface area (Å²) in [5.74, 6) is 1.03. The minimum Gasteiger partial charge on any atom is -0.435 e. The molecule has 0 radical (unpaired) electrons. The summed E-state index contributed by atoms with van der Waals surface area (Å²) in [6.07, 6.45) is 2.70. The summed E-state index contributed by atoms with van der Waals surface area (Å²) in [5, 5.41) is 0.409. The minimum absolute atomic E-state index is 0.0937. The highest BCUT2D eigenvalue weighted by atomic mass is 35.5. The zero-order chi connectivity index (χ0) is 23.7. The molecule has 3 heterocycles. The Kier molecular flexibility index (Phi) is 6.37. The van der Waals surface area contributed by atoms with E-state index in [2.05, 4.69) is 11.8 Å². The van der Waals surface area contributed by atoms with E-state index in [0.29, 0.717) is 46.9 Å². The predicted octanol–water partition coefficient (Wildman–Crippen LogP) is 5.50. The molecule has 0 aliphatic carbocycles. The number of hydrogen-bond acceptors (Lipinski definition) is 5. The van der Waals surface area contributed by atoms with E-state index in [1.165, 1.54) is 6.07 Å². The minimum atomic E-state index is -0.469. The van der Waals surface area contributed by atoms with Crippen LogP contribution in [0.4, 0.5) is 10.3 Å². The standard InChI is InChI=1S/C26H26ClFN4O2/c1-17-10-13-31(14-11-17)26-29-22-12-15-32(25(33)18-6-2-3-7-20(18)27)16-19(22)24(30-26)34-23-9-5-4-8-21(23)28/h2-9,17H,10-16H2,1H3. The maximum absolute atomic E-state index is 14.4. The molecule has 6 nitrogen and oxygen atoms in total. The summed E-state index contributed by atoms with van der Waals surface area (Å²) in [7, 11) is 0. The van der Waals surface area contributed by atoms with Gasteiger partial charge in [0.1, 0.15) is 0 Å². The fourth-order valence-electron chi connectivity index (χ4n) is 4.42. The van der Waals surface area contributed by atoms with Gasteiger partial charge in [0.2, 0.25) is 11.8 Å². The summed E-state index contributed by atoms with van der Waals surface area (Å²) in [4.78, 5) is 26.6. The fraction of sp³-hybridized carbons (Fsp3) is 0.346. The molecule has 8 heteroatoms. The largest absolute Gasteiger partial charge is 0.435 e. The zero-order valence-corrected chi connectivity index (χ0v) is 19.8. The molecule has 2 aliphatic heterocycles. The Morgan fingerprint density at radius 2 is 1.79 bits per heavy atom. The first kappa shape index (κ1) is 22.6. The molecular formula is C26H26ClFN4O2. The van der Waals surface area contributed by atoms with Gasteiger partial charge in [-0.05, 0) is 43.0 Å². The van der Waals surface area contributed by atoms with Crippen molar-refractivity contribution in [3.05, 3.63) is 76.2 Å². The topological polar surface area (TPSA) is 58.6 Å². The molecule has 5 rings (SSSR count). The van der Waals surface area contributed by atoms with Gasteiger partial charge >= 0.3 is 0 Å². The molecule has 1 fully saturated rings. The van der Waals surface area contributed by atoms with Crippen LogP contribution < -0.4 is 9.64 Å². The van der Waals surface area contributed by atoms with Crippen molar-refractivity contribution in [1.82, 2.24) is 14.9 Å². The lowest BCUT2D eigenvalue weighted by atomic mass is 9.99. The van der Waals surface area contributed by atoms with Crippen LogP contribution in [0, 0.1) is 11.7 Å². The highest BCUT2D eigenvalue weighted by molar-refractivity contribution is 6.33. The third-order valence-electron chi connectivity index (χ3n) is 6.51. The first-order valence-corrected chi connectivity index (χ1v) is 12.0. The number of nitrogens with zero attached hydrogens (tertiary/aromatic N) is 4. The molecule has 0 saturated carbocycles. The molecule has 1 saturated heterocycles. The summed E-state index contributed by atoms with van der Waals surface area (Å²) < 4.78 is 20.4. The lowest BCUT2D eigenvalue weighted by molar-refractivity contribution is 0.0732. The molecular weight excluding hydrogens is 455 g/mol. The number of carbonyl (C=O) groups excluding carboxylic acids is 1. The molecule has 176 valence electrons. The van der Waals surface area contributed by atoms with Crippen LogP contribution in [-0.4, -0.2) is 40.4 Å². The highest BCUT2D eigenvalue weighted by Gasteiger charge is 2.30. The lowest BCUT2D eigenvalue weighted by Crippen LogP contribution is -2.38. The number of carbonyl (C=O) groups is 1. The quantitative estimate of drug-likeness (QED) is 0.493. The van der Waals surface area contributed by atoms with Crippen molar-refractivity contribution in [2.45, 2.75) is 32.7 Å². The normalized spacial score (nSPS) is 16.3. The Balaban J connectivity index is 1.50. The summed E-state index contributed by atoms with van der Waals surface area (Å²) in [6.45, 7) is 4.76. The van der Waals surface area contributed by atoms with E-state index in [9.17, 15) is 9.18 Å². The molecule has 1 aromatic heterocycles. The van der Waals surface area contributed by atoms with E-state index in [0.717, 1.165) is 31.6 Å². The summed E-state index contributed by atoms with van der Waals surface area (Å²) in [5.41, 5.74) is 1.98. The van der Waals surface area contributed by atoms with E-state index >= 15 is 0 Å². The Hall–Kier alpha value is -3.19. The van der Waals surface area contributed by atoms with Gasteiger partial charge in [0.25, 0.3) is 5.91 Å². The Bertz CT molecular complexity index is 1210. The second-order valence-corrected chi connectivity index (χ2v) is 9.32. The number of rotatable bonds is 4. The number of amides is 1. The molecule has 0 bridgehead atoms. The van der Waals surface area contributed by atoms with Gasteiger partial charge in [-0.15, -0.1) is 0 Å². The van der Waals surface area contributed by atoms with Crippen molar-refractivity contribution >= 4 is 23.5 Å². The van der Waals surface area contributed by atoms with E-state index in [1.54, 1.807) is 47.4 Å². The summed E-state index contributed by atoms with van der Waals surface area (Å²) in [6, 6.07) is 13.3. The number of halogens is 2. The van der Waals surface area contributed by atoms with Crippen molar-refractivity contribution in [2.75, 3.05) is 24.5 Å². The Morgan fingerprint density at radius 1 is 1.06 bits per heavy atom. The zero-order valence-electron chi connectivity index (χ0n) is 19.0. The van der Waals surface area contributed by atoms with Gasteiger partial charge in [-0.2, -0.15) is 4.98 Å². The van der Waals surface area contributed by atoms with Crippen LogP contribution in [0.15, 0.2) is 48.5 Å². The van der Waals surface area contributed by atoms with Gasteiger partial charge in [0.05, 0.1) is 28.4 Å². The van der Waals surface area contributed by atoms with Gasteiger partial charge in [0, 0.05) is 26.1 Å². The molecule has 1 amide bonds. The molecule has 0 atom stereocenters. The second-order valence-electron chi connectivity index (χ2n) is 8.91. The Labute approximate surface area is 203 Å². The lowest BCUT2D eigenvalue weighted by Gasteiger charge is -2.33. The van der Waals surface area contributed by atoms with E-state index in [1.807, 2.05) is 0 Å². The number of hydrogen-bond donors (Lipinski definition) is 0. The maximum Gasteiger partial charge on any atom is 0.255 e. The molecule has 3 aromatic rings. The molecule has 0 spiro atoms. The van der Waals surface area contributed by atoms with Crippen LogP contribution >= 0.6 is 11.6 Å². The number of benzene rings is 2. The molecule has 2 aliphatic rings. The number of piperidine rings is 1. The average Bonchev–Trinajstić information content (AvgIpc) is 2.85. The van der Waals surface area contributed by atoms with Crippen molar-refractivity contribution in [2.24, 2.45) is 5.92 Å². The van der Waals surface area contributed by atoms with Crippen LogP contribution in [-0.2, 0) is 13.0 Å². The molecule has 0 unspecified atom stereocenters. The van der Waals surface area contributed by atoms with Gasteiger partial charge in [-0.3, -0.25) is 4.79 Å². The smallest absolute Gasteiger partial charge is 0.255 e. The van der Waals surface area contributed by atoms with Crippen molar-refractivity contribution < 1.29 is 13.9 Å². The van der Waals surface area contributed by atoms with E-state index < -0.39 is 5.82 Å². The number of aromatic nitrogens is 2. The first-order chi connectivity index (χ1) is 16.5. The Morgan fingerprint density at radius 3 is 2.56 bits per heavy atom. The van der Waals surface area contributed by atoms with Crippen LogP contribution in [0.3, 0.4) is 0 Å².